The molecule has 4 nitrogen and oxygen atoms in total. The van der Waals surface area contributed by atoms with E-state index in [0.717, 1.165) is 34.6 Å². The maximum Gasteiger partial charge on any atom is 0.187 e. The average Bonchev–Trinajstić information content (AvgIpc) is 3.19. The van der Waals surface area contributed by atoms with Crippen molar-refractivity contribution in [1.82, 2.24) is 4.98 Å². The third-order valence-corrected chi connectivity index (χ3v) is 8.83. The molecule has 31 heavy (non-hydrogen) atoms. The van der Waals surface area contributed by atoms with E-state index in [1.807, 2.05) is 10.3 Å². The highest BCUT2D eigenvalue weighted by Crippen LogP contribution is 2.31. The van der Waals surface area contributed by atoms with Gasteiger partial charge in [-0.2, -0.15) is 0 Å². The molecule has 0 radical (unpaired) electrons. The van der Waals surface area contributed by atoms with Crippen molar-refractivity contribution in [1.29, 1.82) is 0 Å². The van der Waals surface area contributed by atoms with Crippen LogP contribution in [0.1, 0.15) is 24.1 Å². The van der Waals surface area contributed by atoms with Crippen molar-refractivity contribution in [2.75, 3.05) is 18.0 Å². The number of rotatable bonds is 5. The van der Waals surface area contributed by atoms with Crippen LogP contribution in [0.4, 0.5) is 18.3 Å². The molecule has 1 saturated heterocycles. The monoisotopic (exact) mass is 486 g/mol. The molecule has 3 aromatic rings. The van der Waals surface area contributed by atoms with Crippen LogP contribution in [0, 0.1) is 17.5 Å². The lowest BCUT2D eigenvalue weighted by Crippen LogP contribution is -2.39. The minimum absolute atomic E-state index is 0.0656. The van der Waals surface area contributed by atoms with Crippen LogP contribution in [0.3, 0.4) is 0 Å². The maximum absolute atomic E-state index is 14.0. The van der Waals surface area contributed by atoms with Gasteiger partial charge in [-0.05, 0) is 42.7 Å². The van der Waals surface area contributed by atoms with Crippen molar-refractivity contribution in [3.8, 4) is 0 Å². The van der Waals surface area contributed by atoms with Crippen LogP contribution in [-0.2, 0) is 16.3 Å². The molecule has 164 valence electrons. The van der Waals surface area contributed by atoms with E-state index in [0.29, 0.717) is 19.5 Å². The average molecular weight is 487 g/mol. The van der Waals surface area contributed by atoms with Crippen molar-refractivity contribution < 1.29 is 21.6 Å². The number of halogens is 4. The Bertz CT molecular complexity index is 1190. The van der Waals surface area contributed by atoms with Crippen LogP contribution in [-0.4, -0.2) is 31.7 Å². The van der Waals surface area contributed by atoms with E-state index >= 15 is 0 Å². The van der Waals surface area contributed by atoms with Gasteiger partial charge in [-0.15, -0.1) is 11.3 Å². The van der Waals surface area contributed by atoms with E-state index in [1.165, 1.54) is 23.5 Å². The van der Waals surface area contributed by atoms with E-state index in [4.69, 9.17) is 11.6 Å². The number of hydrogen-bond donors (Lipinski definition) is 0. The van der Waals surface area contributed by atoms with E-state index in [2.05, 4.69) is 4.98 Å². The summed E-state index contributed by atoms with van der Waals surface area (Å²) in [6, 6.07) is 7.67. The number of nitrogens with zero attached hydrogens (tertiary/aromatic N) is 2. The lowest BCUT2D eigenvalue weighted by molar-refractivity contribution is 0.497. The number of aromatic nitrogens is 1. The van der Waals surface area contributed by atoms with Crippen LogP contribution >= 0.6 is 22.9 Å². The van der Waals surface area contributed by atoms with Crippen LogP contribution in [0.2, 0.25) is 5.02 Å². The molecule has 0 amide bonds. The SMILES string of the molecule is O=S(=O)(c1c(F)cccc1F)C1CCN(c2nc(Cc3ccc(Cl)c(F)c3)cs2)CC1. The molecule has 0 N–H and O–H groups in total. The molecule has 0 spiro atoms. The van der Waals surface area contributed by atoms with Crippen LogP contribution in [0.5, 0.6) is 0 Å². The summed E-state index contributed by atoms with van der Waals surface area (Å²) in [6.45, 7) is 0.811. The summed E-state index contributed by atoms with van der Waals surface area (Å²) in [7, 11) is -4.11. The summed E-state index contributed by atoms with van der Waals surface area (Å²) >= 11 is 7.13. The van der Waals surface area contributed by atoms with E-state index < -0.39 is 37.4 Å². The molecule has 1 aliphatic rings. The number of sulfone groups is 1. The fraction of sp³-hybridized carbons (Fsp3) is 0.286. The predicted molar refractivity (Wildman–Crippen MR) is 115 cm³/mol. The molecule has 10 heteroatoms. The van der Waals surface area contributed by atoms with Gasteiger partial charge in [0, 0.05) is 24.9 Å². The third kappa shape index (κ3) is 4.58. The Morgan fingerprint density at radius 1 is 1.06 bits per heavy atom. The van der Waals surface area contributed by atoms with Crippen LogP contribution in [0.15, 0.2) is 46.7 Å². The summed E-state index contributed by atoms with van der Waals surface area (Å²) in [4.78, 5) is 5.69. The van der Waals surface area contributed by atoms with Gasteiger partial charge < -0.3 is 4.90 Å². The summed E-state index contributed by atoms with van der Waals surface area (Å²) in [6.07, 6.45) is 0.933. The second-order valence-electron chi connectivity index (χ2n) is 7.33. The smallest absolute Gasteiger partial charge is 0.187 e. The number of thiazole rings is 1. The van der Waals surface area contributed by atoms with Gasteiger partial charge in [-0.3, -0.25) is 0 Å². The third-order valence-electron chi connectivity index (χ3n) is 5.26. The highest BCUT2D eigenvalue weighted by molar-refractivity contribution is 7.92. The number of hydrogen-bond acceptors (Lipinski definition) is 5. The number of piperidine rings is 1. The summed E-state index contributed by atoms with van der Waals surface area (Å²) in [5.74, 6) is -2.61. The first-order valence-electron chi connectivity index (χ1n) is 9.57. The van der Waals surface area contributed by atoms with E-state index in [9.17, 15) is 21.6 Å². The molecular formula is C21H18ClF3N2O2S2. The van der Waals surface area contributed by atoms with Gasteiger partial charge in [-0.1, -0.05) is 23.7 Å². The topological polar surface area (TPSA) is 50.3 Å². The van der Waals surface area contributed by atoms with Gasteiger partial charge >= 0.3 is 0 Å². The summed E-state index contributed by atoms with van der Waals surface area (Å²) in [5.41, 5.74) is 1.51. The highest BCUT2D eigenvalue weighted by Gasteiger charge is 2.35. The first kappa shape index (κ1) is 22.1. The zero-order valence-corrected chi connectivity index (χ0v) is 18.6. The Morgan fingerprint density at radius 2 is 1.74 bits per heavy atom. The second-order valence-corrected chi connectivity index (χ2v) is 10.7. The molecule has 4 rings (SSSR count). The zero-order chi connectivity index (χ0) is 22.2. The number of benzene rings is 2. The predicted octanol–water partition coefficient (Wildman–Crippen LogP) is 5.25. The first-order valence-corrected chi connectivity index (χ1v) is 12.4. The van der Waals surface area contributed by atoms with Crippen molar-refractivity contribution in [2.24, 2.45) is 0 Å². The van der Waals surface area contributed by atoms with E-state index in [-0.39, 0.29) is 17.9 Å². The molecule has 2 heterocycles. The van der Waals surface area contributed by atoms with E-state index in [1.54, 1.807) is 6.07 Å². The first-order chi connectivity index (χ1) is 14.8. The standard InChI is InChI=1S/C21H18ClF3N2O2S2/c22-16-5-4-13(11-19(16)25)10-14-12-30-21(26-14)27-8-6-15(7-9-27)31(28,29)20-17(23)2-1-3-18(20)24/h1-5,11-12,15H,6-10H2. The molecule has 0 unspecified atom stereocenters. The summed E-state index contributed by atoms with van der Waals surface area (Å²) in [5, 5.41) is 1.82. The van der Waals surface area contributed by atoms with Gasteiger partial charge in [-0.25, -0.2) is 26.6 Å². The Kier molecular flexibility index (Phi) is 6.27. The zero-order valence-electron chi connectivity index (χ0n) is 16.2. The Balaban J connectivity index is 1.43. The Labute approximate surface area is 187 Å². The molecule has 1 fully saturated rings. The summed E-state index contributed by atoms with van der Waals surface area (Å²) < 4.78 is 67.2. The van der Waals surface area contributed by atoms with Gasteiger partial charge in [0.15, 0.2) is 15.0 Å². The van der Waals surface area contributed by atoms with Gasteiger partial charge in [0.05, 0.1) is 16.0 Å². The van der Waals surface area contributed by atoms with Gasteiger partial charge in [0.25, 0.3) is 0 Å². The molecule has 0 bridgehead atoms. The van der Waals surface area contributed by atoms with Gasteiger partial charge in [0.1, 0.15) is 22.3 Å². The molecule has 0 aliphatic carbocycles. The molecule has 0 atom stereocenters. The van der Waals surface area contributed by atoms with Crippen molar-refractivity contribution in [2.45, 2.75) is 29.4 Å². The minimum Gasteiger partial charge on any atom is -0.348 e. The minimum atomic E-state index is -4.11. The Hall–Kier alpha value is -2.10. The Morgan fingerprint density at radius 3 is 2.39 bits per heavy atom. The fourth-order valence-corrected chi connectivity index (χ4v) is 6.50. The normalized spacial score (nSPS) is 15.4. The lowest BCUT2D eigenvalue weighted by atomic mass is 10.1. The van der Waals surface area contributed by atoms with Crippen molar-refractivity contribution in [3.05, 3.63) is 75.5 Å². The van der Waals surface area contributed by atoms with Crippen LogP contribution in [0.25, 0.3) is 0 Å². The fourth-order valence-electron chi connectivity index (χ4n) is 3.66. The highest BCUT2D eigenvalue weighted by atomic mass is 35.5. The van der Waals surface area contributed by atoms with Crippen LogP contribution < -0.4 is 4.90 Å². The molecular weight excluding hydrogens is 469 g/mol. The number of anilines is 1. The largest absolute Gasteiger partial charge is 0.348 e. The lowest BCUT2D eigenvalue weighted by Gasteiger charge is -2.31. The van der Waals surface area contributed by atoms with Crippen molar-refractivity contribution >= 4 is 37.9 Å². The maximum atomic E-state index is 14.0. The molecule has 0 saturated carbocycles. The molecule has 1 aliphatic heterocycles. The van der Waals surface area contributed by atoms with Crippen molar-refractivity contribution in [3.63, 3.8) is 0 Å². The molecule has 2 aromatic carbocycles. The quantitative estimate of drug-likeness (QED) is 0.494. The second kappa shape index (κ2) is 8.80. The molecule has 1 aromatic heterocycles. The van der Waals surface area contributed by atoms with Gasteiger partial charge in [0.2, 0.25) is 0 Å².